The Hall–Kier alpha value is -3.35. The lowest BCUT2D eigenvalue weighted by atomic mass is 10.1. The predicted octanol–water partition coefficient (Wildman–Crippen LogP) is 2.43. The van der Waals surface area contributed by atoms with Crippen molar-refractivity contribution in [2.75, 3.05) is 7.11 Å². The summed E-state index contributed by atoms with van der Waals surface area (Å²) < 4.78 is 6.41. The molecule has 0 radical (unpaired) electrons. The zero-order valence-corrected chi connectivity index (χ0v) is 12.1. The highest BCUT2D eigenvalue weighted by Gasteiger charge is 2.22. The van der Waals surface area contributed by atoms with Crippen molar-refractivity contribution in [1.82, 2.24) is 9.78 Å². The summed E-state index contributed by atoms with van der Waals surface area (Å²) in [5.41, 5.74) is 0.515. The van der Waals surface area contributed by atoms with Gasteiger partial charge in [-0.05, 0) is 18.2 Å². The molecule has 0 unspecified atom stereocenters. The van der Waals surface area contributed by atoms with Crippen LogP contribution in [0.1, 0.15) is 20.8 Å². The fourth-order valence-electron chi connectivity index (χ4n) is 2.49. The van der Waals surface area contributed by atoms with E-state index in [1.165, 1.54) is 17.9 Å². The molecule has 0 fully saturated rings. The van der Waals surface area contributed by atoms with Crippen molar-refractivity contribution >= 4 is 22.8 Å². The molecule has 7 heteroatoms. The van der Waals surface area contributed by atoms with Crippen LogP contribution in [-0.4, -0.2) is 39.0 Å². The van der Waals surface area contributed by atoms with Crippen molar-refractivity contribution in [2.24, 2.45) is 0 Å². The van der Waals surface area contributed by atoms with E-state index in [1.807, 2.05) is 0 Å². The maximum absolute atomic E-state index is 11.6. The van der Waals surface area contributed by atoms with Crippen LogP contribution >= 0.6 is 0 Å². The van der Waals surface area contributed by atoms with E-state index in [0.717, 1.165) is 0 Å². The molecule has 0 saturated carbocycles. The van der Waals surface area contributed by atoms with Crippen molar-refractivity contribution in [3.8, 4) is 11.4 Å². The van der Waals surface area contributed by atoms with E-state index >= 15 is 0 Å². The van der Waals surface area contributed by atoms with E-state index < -0.39 is 11.9 Å². The van der Waals surface area contributed by atoms with E-state index in [2.05, 4.69) is 5.10 Å². The molecule has 0 atom stereocenters. The number of ether oxygens (including phenoxy) is 1. The molecular formula is C16H12N2O5. The number of hydrogen-bond acceptors (Lipinski definition) is 4. The number of nitrogens with zero attached hydrogens (tertiary/aromatic N) is 2. The van der Waals surface area contributed by atoms with Gasteiger partial charge in [-0.1, -0.05) is 24.3 Å². The van der Waals surface area contributed by atoms with Gasteiger partial charge in [0.1, 0.15) is 11.3 Å². The lowest BCUT2D eigenvalue weighted by Gasteiger charge is -2.11. The number of methoxy groups -OCH3 is 1. The monoisotopic (exact) mass is 312 g/mol. The number of fused-ring (bicyclic) bond motifs is 1. The Bertz CT molecular complexity index is 929. The SMILES string of the molecule is COc1cccc(-n2nc(C(=O)O)c3ccccc32)c1C(=O)O. The van der Waals surface area contributed by atoms with Gasteiger partial charge >= 0.3 is 11.9 Å². The van der Waals surface area contributed by atoms with Gasteiger partial charge in [0.15, 0.2) is 5.69 Å². The second kappa shape index (κ2) is 5.45. The van der Waals surface area contributed by atoms with Crippen molar-refractivity contribution < 1.29 is 24.5 Å². The second-order valence-corrected chi connectivity index (χ2v) is 4.74. The molecule has 2 N–H and O–H groups in total. The number of aromatic carboxylic acids is 2. The fraction of sp³-hybridized carbons (Fsp3) is 0.0625. The van der Waals surface area contributed by atoms with Crippen molar-refractivity contribution in [3.05, 3.63) is 53.7 Å². The minimum atomic E-state index is -1.19. The topological polar surface area (TPSA) is 102 Å². The van der Waals surface area contributed by atoms with Crippen LogP contribution in [0.15, 0.2) is 42.5 Å². The van der Waals surface area contributed by atoms with E-state index in [1.54, 1.807) is 36.4 Å². The molecule has 1 aromatic heterocycles. The molecule has 0 aliphatic carbocycles. The first-order chi connectivity index (χ1) is 11.0. The molecule has 116 valence electrons. The number of hydrogen-bond donors (Lipinski definition) is 2. The standard InChI is InChI=1S/C16H12N2O5/c1-23-12-8-4-7-11(13(12)15(19)20)18-10-6-3-2-5-9(10)14(17-18)16(21)22/h2-8H,1H3,(H,19,20)(H,21,22). The van der Waals surface area contributed by atoms with Crippen molar-refractivity contribution in [2.45, 2.75) is 0 Å². The molecule has 0 amide bonds. The summed E-state index contributed by atoms with van der Waals surface area (Å²) in [4.78, 5) is 23.0. The number of carboxylic acid groups (broad SMARTS) is 2. The first kappa shape index (κ1) is 14.6. The second-order valence-electron chi connectivity index (χ2n) is 4.74. The van der Waals surface area contributed by atoms with Gasteiger partial charge in [-0.25, -0.2) is 14.3 Å². The number of aromatic nitrogens is 2. The quantitative estimate of drug-likeness (QED) is 0.767. The maximum atomic E-state index is 11.6. The van der Waals surface area contributed by atoms with Crippen LogP contribution in [0.3, 0.4) is 0 Å². The number of carboxylic acids is 2. The Morgan fingerprint density at radius 3 is 2.43 bits per heavy atom. The van der Waals surface area contributed by atoms with Crippen molar-refractivity contribution in [3.63, 3.8) is 0 Å². The largest absolute Gasteiger partial charge is 0.496 e. The van der Waals surface area contributed by atoms with Gasteiger partial charge in [0.05, 0.1) is 18.3 Å². The van der Waals surface area contributed by atoms with Crippen LogP contribution in [0.5, 0.6) is 5.75 Å². The van der Waals surface area contributed by atoms with Gasteiger partial charge in [0.25, 0.3) is 0 Å². The summed E-state index contributed by atoms with van der Waals surface area (Å²) in [7, 11) is 1.37. The number of rotatable bonds is 4. The predicted molar refractivity (Wildman–Crippen MR) is 81.5 cm³/mol. The third kappa shape index (κ3) is 2.28. The molecular weight excluding hydrogens is 300 g/mol. The smallest absolute Gasteiger partial charge is 0.357 e. The highest BCUT2D eigenvalue weighted by atomic mass is 16.5. The number of benzene rings is 2. The van der Waals surface area contributed by atoms with E-state index in [0.29, 0.717) is 10.9 Å². The molecule has 0 aliphatic heterocycles. The summed E-state index contributed by atoms with van der Waals surface area (Å²) in [6.07, 6.45) is 0. The molecule has 0 saturated heterocycles. The third-order valence-corrected chi connectivity index (χ3v) is 3.46. The Morgan fingerprint density at radius 2 is 1.78 bits per heavy atom. The molecule has 2 aromatic carbocycles. The zero-order valence-electron chi connectivity index (χ0n) is 12.1. The first-order valence-electron chi connectivity index (χ1n) is 6.66. The van der Waals surface area contributed by atoms with Crippen LogP contribution in [0.25, 0.3) is 16.6 Å². The third-order valence-electron chi connectivity index (χ3n) is 3.46. The Kier molecular flexibility index (Phi) is 3.46. The number of para-hydroxylation sites is 1. The molecule has 0 bridgehead atoms. The van der Waals surface area contributed by atoms with Gasteiger partial charge in [-0.15, -0.1) is 0 Å². The average molecular weight is 312 g/mol. The Labute approximate surface area is 130 Å². The van der Waals surface area contributed by atoms with Crippen LogP contribution < -0.4 is 4.74 Å². The minimum absolute atomic E-state index is 0.0832. The summed E-state index contributed by atoms with van der Waals surface area (Å²) >= 11 is 0. The average Bonchev–Trinajstić information content (AvgIpc) is 2.93. The zero-order chi connectivity index (χ0) is 16.6. The summed E-state index contributed by atoms with van der Waals surface area (Å²) in [6.45, 7) is 0. The lowest BCUT2D eigenvalue weighted by molar-refractivity contribution is 0.0684. The summed E-state index contributed by atoms with van der Waals surface area (Å²) in [5.74, 6) is -2.19. The summed E-state index contributed by atoms with van der Waals surface area (Å²) in [5, 5.41) is 23.3. The molecule has 3 aromatic rings. The minimum Gasteiger partial charge on any atom is -0.496 e. The summed E-state index contributed by atoms with van der Waals surface area (Å²) in [6, 6.07) is 11.4. The van der Waals surface area contributed by atoms with Crippen LogP contribution in [0, 0.1) is 0 Å². The van der Waals surface area contributed by atoms with E-state index in [4.69, 9.17) is 4.74 Å². The molecule has 7 nitrogen and oxygen atoms in total. The van der Waals surface area contributed by atoms with Gasteiger partial charge in [0.2, 0.25) is 0 Å². The fourth-order valence-corrected chi connectivity index (χ4v) is 2.49. The Balaban J connectivity index is 2.39. The normalized spacial score (nSPS) is 10.7. The van der Waals surface area contributed by atoms with E-state index in [-0.39, 0.29) is 22.7 Å². The molecule has 0 aliphatic rings. The molecule has 3 rings (SSSR count). The van der Waals surface area contributed by atoms with Crippen LogP contribution in [-0.2, 0) is 0 Å². The number of carbonyl (C=O) groups is 2. The van der Waals surface area contributed by atoms with Crippen LogP contribution in [0.2, 0.25) is 0 Å². The van der Waals surface area contributed by atoms with Crippen molar-refractivity contribution in [1.29, 1.82) is 0 Å². The lowest BCUT2D eigenvalue weighted by Crippen LogP contribution is -2.09. The van der Waals surface area contributed by atoms with Gasteiger partial charge in [-0.2, -0.15) is 5.10 Å². The van der Waals surface area contributed by atoms with Gasteiger partial charge in [0, 0.05) is 5.39 Å². The molecule has 23 heavy (non-hydrogen) atoms. The Morgan fingerprint density at radius 1 is 1.04 bits per heavy atom. The maximum Gasteiger partial charge on any atom is 0.357 e. The highest BCUT2D eigenvalue weighted by Crippen LogP contribution is 2.29. The van der Waals surface area contributed by atoms with E-state index in [9.17, 15) is 19.8 Å². The van der Waals surface area contributed by atoms with Gasteiger partial charge in [-0.3, -0.25) is 0 Å². The molecule has 0 spiro atoms. The van der Waals surface area contributed by atoms with Gasteiger partial charge < -0.3 is 14.9 Å². The highest BCUT2D eigenvalue weighted by molar-refractivity contribution is 6.02. The first-order valence-corrected chi connectivity index (χ1v) is 6.66. The molecule has 1 heterocycles. The van der Waals surface area contributed by atoms with Crippen LogP contribution in [0.4, 0.5) is 0 Å².